The highest BCUT2D eigenvalue weighted by molar-refractivity contribution is 6.22. The van der Waals surface area contributed by atoms with Crippen molar-refractivity contribution in [2.45, 2.75) is 0 Å². The maximum absolute atomic E-state index is 6.46. The lowest BCUT2D eigenvalue weighted by Gasteiger charge is -2.26. The highest BCUT2D eigenvalue weighted by Crippen LogP contribution is 2.43. The van der Waals surface area contributed by atoms with Crippen molar-refractivity contribution >= 4 is 71.3 Å². The summed E-state index contributed by atoms with van der Waals surface area (Å²) < 4.78 is 6.46. The third-order valence-electron chi connectivity index (χ3n) is 11.2. The first-order chi connectivity index (χ1) is 27.8. The van der Waals surface area contributed by atoms with Crippen molar-refractivity contribution < 1.29 is 4.42 Å². The zero-order valence-electron chi connectivity index (χ0n) is 30.6. The standard InChI is InChI=1S/C54H35NO/c1-3-13-37(14-4-1)50-35-53-54(48-21-11-12-22-52(48)56-53)51-33-39(27-32-47(50)51)36-23-28-42(29-24-36)55(41-16-5-2-6-17-41)43-30-25-38(26-31-43)49-34-40-15-7-8-18-44(40)45-19-9-10-20-46(45)49/h1-35H. The van der Waals surface area contributed by atoms with Crippen molar-refractivity contribution in [2.75, 3.05) is 4.90 Å². The van der Waals surface area contributed by atoms with Gasteiger partial charge >= 0.3 is 0 Å². The summed E-state index contributed by atoms with van der Waals surface area (Å²) in [5.74, 6) is 0. The Bertz CT molecular complexity index is 3220. The van der Waals surface area contributed by atoms with E-state index in [2.05, 4.69) is 211 Å². The van der Waals surface area contributed by atoms with Crippen LogP contribution in [0.15, 0.2) is 217 Å². The van der Waals surface area contributed by atoms with Crippen molar-refractivity contribution in [3.63, 3.8) is 0 Å². The fourth-order valence-electron chi connectivity index (χ4n) is 8.59. The van der Waals surface area contributed by atoms with E-state index in [1.165, 1.54) is 60.1 Å². The molecule has 0 aliphatic rings. The molecule has 56 heavy (non-hydrogen) atoms. The van der Waals surface area contributed by atoms with E-state index >= 15 is 0 Å². The Morgan fingerprint density at radius 1 is 0.286 bits per heavy atom. The molecule has 1 heterocycles. The van der Waals surface area contributed by atoms with Crippen LogP contribution >= 0.6 is 0 Å². The van der Waals surface area contributed by atoms with Crippen LogP contribution in [0.2, 0.25) is 0 Å². The molecule has 0 N–H and O–H groups in total. The number of para-hydroxylation sites is 2. The van der Waals surface area contributed by atoms with Gasteiger partial charge in [0.05, 0.1) is 0 Å². The quantitative estimate of drug-likeness (QED) is 0.160. The first-order valence-electron chi connectivity index (χ1n) is 19.2. The zero-order chi connectivity index (χ0) is 37.0. The summed E-state index contributed by atoms with van der Waals surface area (Å²) in [6.07, 6.45) is 0. The van der Waals surface area contributed by atoms with Crippen LogP contribution in [0.1, 0.15) is 0 Å². The molecule has 0 aliphatic heterocycles. The van der Waals surface area contributed by atoms with Gasteiger partial charge in [-0.2, -0.15) is 0 Å². The number of furan rings is 1. The maximum Gasteiger partial charge on any atom is 0.136 e. The van der Waals surface area contributed by atoms with E-state index in [1.807, 2.05) is 6.07 Å². The topological polar surface area (TPSA) is 16.4 Å². The second kappa shape index (κ2) is 13.2. The first kappa shape index (κ1) is 32.0. The molecule has 1 aromatic heterocycles. The monoisotopic (exact) mass is 713 g/mol. The highest BCUT2D eigenvalue weighted by Gasteiger charge is 2.17. The van der Waals surface area contributed by atoms with Crippen LogP contribution in [0.5, 0.6) is 0 Å². The molecule has 0 aliphatic carbocycles. The molecule has 11 aromatic rings. The van der Waals surface area contributed by atoms with Crippen LogP contribution in [0.25, 0.3) is 87.6 Å². The number of fused-ring (bicyclic) bond motifs is 8. The number of hydrogen-bond acceptors (Lipinski definition) is 2. The van der Waals surface area contributed by atoms with Gasteiger partial charge in [-0.1, -0.05) is 152 Å². The minimum Gasteiger partial charge on any atom is -0.456 e. The molecule has 262 valence electrons. The fraction of sp³-hybridized carbons (Fsp3) is 0. The molecule has 0 radical (unpaired) electrons. The lowest BCUT2D eigenvalue weighted by molar-refractivity contribution is 0.669. The molecule has 11 rings (SSSR count). The van der Waals surface area contributed by atoms with Gasteiger partial charge in [-0.05, 0) is 126 Å². The van der Waals surface area contributed by atoms with Crippen molar-refractivity contribution in [1.29, 1.82) is 0 Å². The summed E-state index contributed by atoms with van der Waals surface area (Å²) in [6.45, 7) is 0. The minimum absolute atomic E-state index is 0.906. The van der Waals surface area contributed by atoms with Gasteiger partial charge in [-0.25, -0.2) is 0 Å². The van der Waals surface area contributed by atoms with Crippen LogP contribution in [0.4, 0.5) is 17.1 Å². The second-order valence-electron chi connectivity index (χ2n) is 14.5. The molecule has 0 unspecified atom stereocenters. The van der Waals surface area contributed by atoms with Crippen LogP contribution in [0.3, 0.4) is 0 Å². The number of rotatable bonds is 6. The molecule has 0 saturated carbocycles. The minimum atomic E-state index is 0.906. The van der Waals surface area contributed by atoms with Crippen molar-refractivity contribution in [2.24, 2.45) is 0 Å². The predicted molar refractivity (Wildman–Crippen MR) is 237 cm³/mol. The van der Waals surface area contributed by atoms with Gasteiger partial charge in [0.15, 0.2) is 0 Å². The molecular weight excluding hydrogens is 679 g/mol. The van der Waals surface area contributed by atoms with E-state index in [9.17, 15) is 0 Å². The van der Waals surface area contributed by atoms with Gasteiger partial charge in [0.2, 0.25) is 0 Å². The van der Waals surface area contributed by atoms with Crippen molar-refractivity contribution in [1.82, 2.24) is 0 Å². The summed E-state index contributed by atoms with van der Waals surface area (Å²) in [6, 6.07) is 76.4. The predicted octanol–water partition coefficient (Wildman–Crippen LogP) is 15.5. The van der Waals surface area contributed by atoms with Crippen LogP contribution in [-0.4, -0.2) is 0 Å². The molecule has 0 saturated heterocycles. The van der Waals surface area contributed by atoms with E-state index < -0.39 is 0 Å². The normalized spacial score (nSPS) is 11.6. The van der Waals surface area contributed by atoms with Gasteiger partial charge in [-0.3, -0.25) is 0 Å². The Hall–Kier alpha value is -7.42. The SMILES string of the molecule is c1ccc(-c2cc3oc4ccccc4c3c3cc(-c4ccc(N(c5ccccc5)c5ccc(-c6cc7ccccc7c7ccccc67)cc5)cc4)ccc23)cc1. The summed E-state index contributed by atoms with van der Waals surface area (Å²) in [5.41, 5.74) is 12.2. The molecule has 0 bridgehead atoms. The third-order valence-corrected chi connectivity index (χ3v) is 11.2. The first-order valence-corrected chi connectivity index (χ1v) is 19.2. The number of benzene rings is 10. The van der Waals surface area contributed by atoms with E-state index in [0.29, 0.717) is 0 Å². The van der Waals surface area contributed by atoms with Gasteiger partial charge in [0.25, 0.3) is 0 Å². The Morgan fingerprint density at radius 2 is 0.804 bits per heavy atom. The van der Waals surface area contributed by atoms with Crippen molar-refractivity contribution in [3.8, 4) is 33.4 Å². The molecule has 2 nitrogen and oxygen atoms in total. The fourth-order valence-corrected chi connectivity index (χ4v) is 8.59. The second-order valence-corrected chi connectivity index (χ2v) is 14.5. The largest absolute Gasteiger partial charge is 0.456 e. The number of anilines is 3. The molecule has 0 atom stereocenters. The Kier molecular flexibility index (Phi) is 7.53. The van der Waals surface area contributed by atoms with E-state index in [-0.39, 0.29) is 0 Å². The van der Waals surface area contributed by atoms with Crippen LogP contribution in [0, 0.1) is 0 Å². The van der Waals surface area contributed by atoms with Crippen LogP contribution in [-0.2, 0) is 0 Å². The average molecular weight is 714 g/mol. The molecule has 0 fully saturated rings. The van der Waals surface area contributed by atoms with Gasteiger partial charge in [0, 0.05) is 27.8 Å². The number of hydrogen-bond donors (Lipinski definition) is 0. The van der Waals surface area contributed by atoms with E-state index in [1.54, 1.807) is 0 Å². The maximum atomic E-state index is 6.46. The van der Waals surface area contributed by atoms with Crippen molar-refractivity contribution in [3.05, 3.63) is 212 Å². The van der Waals surface area contributed by atoms with Crippen LogP contribution < -0.4 is 4.90 Å². The molecular formula is C54H35NO. The summed E-state index contributed by atoms with van der Waals surface area (Å²) in [7, 11) is 0. The average Bonchev–Trinajstić information content (AvgIpc) is 3.66. The molecule has 10 aromatic carbocycles. The van der Waals surface area contributed by atoms with Gasteiger partial charge in [-0.15, -0.1) is 0 Å². The number of nitrogens with zero attached hydrogens (tertiary/aromatic N) is 1. The zero-order valence-corrected chi connectivity index (χ0v) is 30.6. The third kappa shape index (κ3) is 5.34. The Morgan fingerprint density at radius 3 is 1.55 bits per heavy atom. The lowest BCUT2D eigenvalue weighted by Crippen LogP contribution is -2.09. The highest BCUT2D eigenvalue weighted by atomic mass is 16.3. The summed E-state index contributed by atoms with van der Waals surface area (Å²) in [5, 5.41) is 9.78. The molecule has 0 amide bonds. The summed E-state index contributed by atoms with van der Waals surface area (Å²) in [4.78, 5) is 2.33. The van der Waals surface area contributed by atoms with E-state index in [0.717, 1.165) is 44.6 Å². The summed E-state index contributed by atoms with van der Waals surface area (Å²) >= 11 is 0. The molecule has 2 heteroatoms. The van der Waals surface area contributed by atoms with Gasteiger partial charge < -0.3 is 9.32 Å². The Balaban J connectivity index is 0.998. The smallest absolute Gasteiger partial charge is 0.136 e. The van der Waals surface area contributed by atoms with E-state index in [4.69, 9.17) is 4.42 Å². The van der Waals surface area contributed by atoms with Gasteiger partial charge in [0.1, 0.15) is 11.2 Å². The Labute approximate surface area is 325 Å². The lowest BCUT2D eigenvalue weighted by atomic mass is 9.92. The molecule has 0 spiro atoms.